The maximum atomic E-state index is 12.1. The highest BCUT2D eigenvalue weighted by atomic mass is 35.6. The summed E-state index contributed by atoms with van der Waals surface area (Å²) in [5, 5.41) is 7.37. The molecule has 0 saturated heterocycles. The van der Waals surface area contributed by atoms with Gasteiger partial charge in [0.15, 0.2) is 0 Å². The molecule has 0 saturated carbocycles. The van der Waals surface area contributed by atoms with Crippen LogP contribution in [0.3, 0.4) is 0 Å². The quantitative estimate of drug-likeness (QED) is 0.298. The minimum Gasteiger partial charge on any atom is -0.474 e. The summed E-state index contributed by atoms with van der Waals surface area (Å²) in [5.41, 5.74) is -0.560. The molecular weight excluding hydrogens is 363 g/mol. The van der Waals surface area contributed by atoms with Gasteiger partial charge in [-0.2, -0.15) is 0 Å². The number of rotatable bonds is 7. The Bertz CT molecular complexity index is 440. The van der Waals surface area contributed by atoms with E-state index < -0.39 is 21.4 Å². The Labute approximate surface area is 152 Å². The van der Waals surface area contributed by atoms with Crippen LogP contribution in [-0.4, -0.2) is 46.0 Å². The van der Waals surface area contributed by atoms with Gasteiger partial charge in [-0.15, -0.1) is 6.58 Å². The van der Waals surface area contributed by atoms with Crippen LogP contribution in [-0.2, 0) is 9.47 Å². The van der Waals surface area contributed by atoms with E-state index in [4.69, 9.17) is 49.7 Å². The molecule has 0 aromatic heterocycles. The highest BCUT2D eigenvalue weighted by Gasteiger charge is 2.28. The van der Waals surface area contributed by atoms with Crippen LogP contribution >= 0.6 is 34.8 Å². The summed E-state index contributed by atoms with van der Waals surface area (Å²) in [6.07, 6.45) is 5.34. The lowest BCUT2D eigenvalue weighted by Gasteiger charge is -2.26. The van der Waals surface area contributed by atoms with Crippen molar-refractivity contribution >= 4 is 46.8 Å². The van der Waals surface area contributed by atoms with Crippen LogP contribution in [0.15, 0.2) is 24.8 Å². The molecule has 0 fully saturated rings. The summed E-state index contributed by atoms with van der Waals surface area (Å²) in [6.45, 7) is 9.97. The maximum Gasteiger partial charge on any atom is 0.410 e. The van der Waals surface area contributed by atoms with E-state index in [-0.39, 0.29) is 6.61 Å². The molecule has 0 atom stereocenters. The number of nitrogens with one attached hydrogen (secondary N) is 1. The lowest BCUT2D eigenvalue weighted by Crippen LogP contribution is -2.37. The summed E-state index contributed by atoms with van der Waals surface area (Å²) >= 11 is 16.5. The van der Waals surface area contributed by atoms with Crippen molar-refractivity contribution in [2.45, 2.75) is 36.6 Å². The summed E-state index contributed by atoms with van der Waals surface area (Å²) in [7, 11) is 0. The van der Waals surface area contributed by atoms with Crippen molar-refractivity contribution in [1.82, 2.24) is 4.90 Å². The second kappa shape index (κ2) is 10.1. The number of carbonyl (C=O) groups is 1. The molecule has 0 heterocycles. The monoisotopic (exact) mass is 384 g/mol. The smallest absolute Gasteiger partial charge is 0.410 e. The standard InChI is InChI=1S/C15H23Cl3N2O3/c1-5-6-9-20(13(21)23-14(2,3)4)10-7-8-11-22-12(19)15(16,17)18/h5,7-8,19H,1,6,9-11H2,2-4H3/b8-7+,19-12?. The van der Waals surface area contributed by atoms with Gasteiger partial charge in [0.25, 0.3) is 3.79 Å². The number of amides is 1. The van der Waals surface area contributed by atoms with Gasteiger partial charge in [-0.3, -0.25) is 5.41 Å². The number of alkyl halides is 3. The maximum absolute atomic E-state index is 12.1. The molecule has 0 unspecified atom stereocenters. The molecule has 0 aliphatic carbocycles. The fourth-order valence-corrected chi connectivity index (χ4v) is 1.48. The van der Waals surface area contributed by atoms with Crippen LogP contribution in [0.1, 0.15) is 27.2 Å². The van der Waals surface area contributed by atoms with E-state index in [9.17, 15) is 4.79 Å². The first kappa shape index (κ1) is 22.1. The van der Waals surface area contributed by atoms with E-state index in [1.165, 1.54) is 0 Å². The number of nitrogens with zero attached hydrogens (tertiary/aromatic N) is 1. The lowest BCUT2D eigenvalue weighted by molar-refractivity contribution is 0.0274. The molecule has 8 heteroatoms. The van der Waals surface area contributed by atoms with Gasteiger partial charge in [0.2, 0.25) is 5.90 Å². The van der Waals surface area contributed by atoms with Crippen LogP contribution in [0.2, 0.25) is 0 Å². The van der Waals surface area contributed by atoms with Crippen LogP contribution in [0.25, 0.3) is 0 Å². The molecule has 23 heavy (non-hydrogen) atoms. The van der Waals surface area contributed by atoms with Gasteiger partial charge in [0.1, 0.15) is 12.2 Å². The average Bonchev–Trinajstić information content (AvgIpc) is 2.38. The van der Waals surface area contributed by atoms with Gasteiger partial charge >= 0.3 is 6.09 Å². The molecular formula is C15H23Cl3N2O3. The fourth-order valence-electron chi connectivity index (χ4n) is 1.31. The topological polar surface area (TPSA) is 62.6 Å². The minimum atomic E-state index is -1.87. The number of hydrogen-bond acceptors (Lipinski definition) is 4. The lowest BCUT2D eigenvalue weighted by atomic mass is 10.2. The third-order valence-electron chi connectivity index (χ3n) is 2.33. The SMILES string of the molecule is C=CCCN(C/C=C/COC(=N)C(Cl)(Cl)Cl)C(=O)OC(C)(C)C. The highest BCUT2D eigenvalue weighted by Crippen LogP contribution is 2.27. The van der Waals surface area contributed by atoms with E-state index in [2.05, 4.69) is 6.58 Å². The number of carbonyl (C=O) groups excluding carboxylic acids is 1. The Hall–Kier alpha value is -0.910. The largest absolute Gasteiger partial charge is 0.474 e. The molecule has 0 bridgehead atoms. The summed E-state index contributed by atoms with van der Waals surface area (Å²) in [6, 6.07) is 0. The summed E-state index contributed by atoms with van der Waals surface area (Å²) in [5.74, 6) is -0.456. The number of hydrogen-bond donors (Lipinski definition) is 1. The zero-order valence-electron chi connectivity index (χ0n) is 13.6. The van der Waals surface area contributed by atoms with Crippen LogP contribution in [0, 0.1) is 5.41 Å². The zero-order valence-corrected chi connectivity index (χ0v) is 15.8. The molecule has 0 aliphatic rings. The fraction of sp³-hybridized carbons (Fsp3) is 0.600. The van der Waals surface area contributed by atoms with Gasteiger partial charge in [-0.25, -0.2) is 4.79 Å². The summed E-state index contributed by atoms with van der Waals surface area (Å²) < 4.78 is 8.42. The molecule has 0 aromatic rings. The molecule has 0 aliphatic heterocycles. The van der Waals surface area contributed by atoms with Crippen LogP contribution in [0.5, 0.6) is 0 Å². The van der Waals surface area contributed by atoms with Crippen LogP contribution in [0.4, 0.5) is 4.79 Å². The average molecular weight is 386 g/mol. The van der Waals surface area contributed by atoms with Crippen molar-refractivity contribution in [3.8, 4) is 0 Å². The van der Waals surface area contributed by atoms with Crippen molar-refractivity contribution in [3.05, 3.63) is 24.8 Å². The Kier molecular flexibility index (Phi) is 9.66. The third-order valence-corrected chi connectivity index (χ3v) is 2.84. The molecule has 0 rings (SSSR count). The molecule has 0 aromatic carbocycles. The third kappa shape index (κ3) is 11.3. The Balaban J connectivity index is 4.44. The van der Waals surface area contributed by atoms with Gasteiger partial charge in [0.05, 0.1) is 0 Å². The first-order valence-corrected chi connectivity index (χ1v) is 8.13. The van der Waals surface area contributed by atoms with Crippen molar-refractivity contribution < 1.29 is 14.3 Å². The Morgan fingerprint density at radius 2 is 1.87 bits per heavy atom. The summed E-state index contributed by atoms with van der Waals surface area (Å²) in [4.78, 5) is 13.6. The number of ether oxygens (including phenoxy) is 2. The predicted molar refractivity (Wildman–Crippen MR) is 95.7 cm³/mol. The van der Waals surface area contributed by atoms with Crippen molar-refractivity contribution in [2.24, 2.45) is 0 Å². The van der Waals surface area contributed by atoms with Gasteiger partial charge in [0, 0.05) is 13.1 Å². The first-order valence-electron chi connectivity index (χ1n) is 6.99. The Morgan fingerprint density at radius 1 is 1.26 bits per heavy atom. The zero-order chi connectivity index (χ0) is 18.1. The van der Waals surface area contributed by atoms with Crippen molar-refractivity contribution in [2.75, 3.05) is 19.7 Å². The van der Waals surface area contributed by atoms with Crippen LogP contribution < -0.4 is 0 Å². The molecule has 1 amide bonds. The molecule has 132 valence electrons. The second-order valence-corrected chi connectivity index (χ2v) is 7.89. The highest BCUT2D eigenvalue weighted by molar-refractivity contribution is 6.76. The number of halogens is 3. The normalized spacial score (nSPS) is 12.1. The van der Waals surface area contributed by atoms with E-state index in [0.29, 0.717) is 19.5 Å². The van der Waals surface area contributed by atoms with Crippen molar-refractivity contribution in [3.63, 3.8) is 0 Å². The van der Waals surface area contributed by atoms with E-state index in [1.807, 2.05) is 20.8 Å². The Morgan fingerprint density at radius 3 is 2.35 bits per heavy atom. The van der Waals surface area contributed by atoms with Gasteiger partial charge in [-0.05, 0) is 33.3 Å². The molecule has 5 nitrogen and oxygen atoms in total. The van der Waals surface area contributed by atoms with Crippen molar-refractivity contribution in [1.29, 1.82) is 5.41 Å². The van der Waals surface area contributed by atoms with E-state index in [0.717, 1.165) is 0 Å². The van der Waals surface area contributed by atoms with E-state index >= 15 is 0 Å². The second-order valence-electron chi connectivity index (χ2n) is 5.61. The minimum absolute atomic E-state index is 0.0658. The molecule has 0 spiro atoms. The predicted octanol–water partition coefficient (Wildman–Crippen LogP) is 4.72. The van der Waals surface area contributed by atoms with Gasteiger partial charge in [-0.1, -0.05) is 47.0 Å². The first-order chi connectivity index (χ1) is 10.5. The van der Waals surface area contributed by atoms with Gasteiger partial charge < -0.3 is 14.4 Å². The molecule has 0 radical (unpaired) electrons. The van der Waals surface area contributed by atoms with E-state index in [1.54, 1.807) is 23.1 Å². The molecule has 1 N–H and O–H groups in total.